The van der Waals surface area contributed by atoms with Crippen molar-refractivity contribution in [1.29, 1.82) is 0 Å². The van der Waals surface area contributed by atoms with Crippen molar-refractivity contribution in [3.05, 3.63) is 29.6 Å². The van der Waals surface area contributed by atoms with Crippen molar-refractivity contribution < 1.29 is 9.50 Å². The number of aliphatic hydroxyl groups excluding tert-OH is 1. The van der Waals surface area contributed by atoms with E-state index in [4.69, 9.17) is 0 Å². The lowest BCUT2D eigenvalue weighted by Crippen LogP contribution is -2.45. The number of hydrogen-bond acceptors (Lipinski definition) is 3. The first-order chi connectivity index (χ1) is 8.94. The third-order valence-corrected chi connectivity index (χ3v) is 3.48. The van der Waals surface area contributed by atoms with Gasteiger partial charge >= 0.3 is 0 Å². The Kier molecular flexibility index (Phi) is 5.76. The maximum atomic E-state index is 14.0. The molecule has 0 spiro atoms. The number of hydrogen-bond donors (Lipinski definition) is 2. The van der Waals surface area contributed by atoms with Gasteiger partial charge in [-0.25, -0.2) is 4.39 Å². The van der Waals surface area contributed by atoms with E-state index in [1.807, 2.05) is 31.9 Å². The normalized spacial score (nSPS) is 11.7. The van der Waals surface area contributed by atoms with Gasteiger partial charge in [0, 0.05) is 24.8 Å². The largest absolute Gasteiger partial charge is 0.394 e. The van der Waals surface area contributed by atoms with Crippen molar-refractivity contribution in [3.8, 4) is 0 Å². The van der Waals surface area contributed by atoms with E-state index < -0.39 is 5.54 Å². The van der Waals surface area contributed by atoms with Crippen LogP contribution in [0.15, 0.2) is 18.2 Å². The number of halogens is 1. The number of anilines is 1. The van der Waals surface area contributed by atoms with Gasteiger partial charge in [0.25, 0.3) is 0 Å². The number of aliphatic hydroxyl groups is 1. The topological polar surface area (TPSA) is 35.5 Å². The highest BCUT2D eigenvalue weighted by Crippen LogP contribution is 2.27. The van der Waals surface area contributed by atoms with Crippen LogP contribution < -0.4 is 10.2 Å². The fraction of sp³-hybridized carbons (Fsp3) is 0.600. The van der Waals surface area contributed by atoms with Crippen LogP contribution in [0.1, 0.15) is 32.8 Å². The lowest BCUT2D eigenvalue weighted by Gasteiger charge is -2.37. The molecule has 0 saturated carbocycles. The Bertz CT molecular complexity index is 407. The molecule has 0 unspecified atom stereocenters. The van der Waals surface area contributed by atoms with Crippen LogP contribution in [0, 0.1) is 5.82 Å². The van der Waals surface area contributed by atoms with Crippen molar-refractivity contribution in [3.63, 3.8) is 0 Å². The molecule has 2 N–H and O–H groups in total. The first-order valence-electron chi connectivity index (χ1n) is 6.76. The number of rotatable bonds is 7. The van der Waals surface area contributed by atoms with Gasteiger partial charge in [0.2, 0.25) is 0 Å². The van der Waals surface area contributed by atoms with Crippen LogP contribution in [-0.4, -0.2) is 30.8 Å². The zero-order chi connectivity index (χ0) is 14.5. The molecule has 19 heavy (non-hydrogen) atoms. The molecule has 0 heterocycles. The van der Waals surface area contributed by atoms with E-state index in [1.165, 1.54) is 6.07 Å². The van der Waals surface area contributed by atoms with Crippen molar-refractivity contribution in [2.45, 2.75) is 39.3 Å². The van der Waals surface area contributed by atoms with Gasteiger partial charge in [-0.3, -0.25) is 0 Å². The molecule has 108 valence electrons. The predicted octanol–water partition coefficient (Wildman–Crippen LogP) is 2.53. The highest BCUT2D eigenvalue weighted by molar-refractivity contribution is 5.55. The van der Waals surface area contributed by atoms with E-state index in [0.717, 1.165) is 18.7 Å². The maximum Gasteiger partial charge on any atom is 0.129 e. The molecule has 3 nitrogen and oxygen atoms in total. The summed E-state index contributed by atoms with van der Waals surface area (Å²) < 4.78 is 14.0. The molecule has 4 heteroatoms. The summed E-state index contributed by atoms with van der Waals surface area (Å²) in [5, 5.41) is 12.7. The second kappa shape index (κ2) is 6.87. The molecular formula is C15H25FN2O. The number of likely N-dealkylation sites (N-methyl/N-ethyl adjacent to an activating group) is 1. The van der Waals surface area contributed by atoms with E-state index in [-0.39, 0.29) is 12.4 Å². The van der Waals surface area contributed by atoms with Crippen molar-refractivity contribution in [2.24, 2.45) is 0 Å². The molecule has 0 bridgehead atoms. The smallest absolute Gasteiger partial charge is 0.129 e. The summed E-state index contributed by atoms with van der Waals surface area (Å²) in [5.41, 5.74) is 1.05. The number of nitrogens with one attached hydrogen (secondary N) is 1. The number of benzene rings is 1. The second-order valence-electron chi connectivity index (χ2n) is 5.44. The predicted molar refractivity (Wildman–Crippen MR) is 78.0 cm³/mol. The minimum Gasteiger partial charge on any atom is -0.394 e. The fourth-order valence-corrected chi connectivity index (χ4v) is 1.86. The van der Waals surface area contributed by atoms with Crippen molar-refractivity contribution in [2.75, 3.05) is 25.1 Å². The van der Waals surface area contributed by atoms with Gasteiger partial charge in [0.1, 0.15) is 5.82 Å². The van der Waals surface area contributed by atoms with E-state index in [1.54, 1.807) is 6.07 Å². The Labute approximate surface area is 115 Å². The van der Waals surface area contributed by atoms with Gasteiger partial charge in [0.15, 0.2) is 0 Å². The quantitative estimate of drug-likeness (QED) is 0.746. The zero-order valence-corrected chi connectivity index (χ0v) is 12.3. The van der Waals surface area contributed by atoms with E-state index >= 15 is 0 Å². The van der Waals surface area contributed by atoms with Crippen molar-refractivity contribution in [1.82, 2.24) is 5.32 Å². The summed E-state index contributed by atoms with van der Waals surface area (Å²) >= 11 is 0. The Balaban J connectivity index is 3.02. The van der Waals surface area contributed by atoms with Gasteiger partial charge in [-0.15, -0.1) is 0 Å². The van der Waals surface area contributed by atoms with Gasteiger partial charge in [-0.05, 0) is 38.9 Å². The highest BCUT2D eigenvalue weighted by atomic mass is 19.1. The van der Waals surface area contributed by atoms with Crippen LogP contribution >= 0.6 is 0 Å². The van der Waals surface area contributed by atoms with Crippen molar-refractivity contribution >= 4 is 5.69 Å². The molecular weight excluding hydrogens is 243 g/mol. The summed E-state index contributed by atoms with van der Waals surface area (Å²) in [6, 6.07) is 5.08. The Morgan fingerprint density at radius 2 is 2.05 bits per heavy atom. The molecule has 0 saturated heterocycles. The average Bonchev–Trinajstić information content (AvgIpc) is 2.40. The first-order valence-corrected chi connectivity index (χ1v) is 6.76. The summed E-state index contributed by atoms with van der Waals surface area (Å²) in [6.45, 7) is 7.32. The Morgan fingerprint density at radius 3 is 2.63 bits per heavy atom. The van der Waals surface area contributed by atoms with Crippen LogP contribution in [0.5, 0.6) is 0 Å². The van der Waals surface area contributed by atoms with E-state index in [9.17, 15) is 9.50 Å². The van der Waals surface area contributed by atoms with Crippen LogP contribution in [0.2, 0.25) is 0 Å². The second-order valence-corrected chi connectivity index (χ2v) is 5.44. The summed E-state index contributed by atoms with van der Waals surface area (Å²) in [4.78, 5) is 1.93. The first kappa shape index (κ1) is 15.9. The molecule has 0 atom stereocenters. The zero-order valence-electron chi connectivity index (χ0n) is 12.3. The molecule has 0 amide bonds. The molecule has 0 radical (unpaired) electrons. The minimum atomic E-state index is -0.423. The van der Waals surface area contributed by atoms with E-state index in [0.29, 0.717) is 12.1 Å². The lowest BCUT2D eigenvalue weighted by atomic mass is 10.0. The third-order valence-electron chi connectivity index (χ3n) is 3.48. The minimum absolute atomic E-state index is 0.0157. The lowest BCUT2D eigenvalue weighted by molar-refractivity contribution is 0.216. The van der Waals surface area contributed by atoms with Gasteiger partial charge in [-0.2, -0.15) is 0 Å². The molecule has 0 fully saturated rings. The molecule has 0 aromatic heterocycles. The average molecular weight is 268 g/mol. The summed E-state index contributed by atoms with van der Waals surface area (Å²) in [7, 11) is 1.88. The molecule has 1 aromatic carbocycles. The summed E-state index contributed by atoms with van der Waals surface area (Å²) in [5.74, 6) is -0.207. The van der Waals surface area contributed by atoms with Crippen LogP contribution in [0.4, 0.5) is 10.1 Å². The molecule has 1 aromatic rings. The van der Waals surface area contributed by atoms with Gasteiger partial charge < -0.3 is 15.3 Å². The van der Waals surface area contributed by atoms with Gasteiger partial charge in [-0.1, -0.05) is 13.0 Å². The van der Waals surface area contributed by atoms with Gasteiger partial charge in [0.05, 0.1) is 12.1 Å². The Hall–Kier alpha value is -1.13. The summed E-state index contributed by atoms with van der Waals surface area (Å²) in [6.07, 6.45) is 1.02. The maximum absolute atomic E-state index is 14.0. The van der Waals surface area contributed by atoms with Crippen LogP contribution in [0.25, 0.3) is 0 Å². The third kappa shape index (κ3) is 3.91. The molecule has 0 aliphatic rings. The number of nitrogens with zero attached hydrogens (tertiary/aromatic N) is 1. The Morgan fingerprint density at radius 1 is 1.37 bits per heavy atom. The molecule has 1 rings (SSSR count). The van der Waals surface area contributed by atoms with Crippen LogP contribution in [0.3, 0.4) is 0 Å². The molecule has 0 aliphatic heterocycles. The monoisotopic (exact) mass is 268 g/mol. The highest BCUT2D eigenvalue weighted by Gasteiger charge is 2.25. The standard InChI is InChI=1S/C15H25FN2O/c1-5-9-17-10-12-13(16)7-6-8-14(12)18(4)15(2,3)11-19/h6-8,17,19H,5,9-11H2,1-4H3. The SMILES string of the molecule is CCCNCc1c(F)cccc1N(C)C(C)(C)CO. The van der Waals surface area contributed by atoms with E-state index in [2.05, 4.69) is 12.2 Å². The van der Waals surface area contributed by atoms with Crippen LogP contribution in [-0.2, 0) is 6.54 Å². The fourth-order valence-electron chi connectivity index (χ4n) is 1.86. The molecule has 0 aliphatic carbocycles.